The summed E-state index contributed by atoms with van der Waals surface area (Å²) in [5, 5.41) is 8.82. The SMILES string of the molecule is CC(C)(C#N)CCCSc1cc(F)ccc1F. The second-order valence-electron chi connectivity index (χ2n) is 4.52. The van der Waals surface area contributed by atoms with Crippen molar-refractivity contribution in [2.24, 2.45) is 5.41 Å². The molecule has 0 aliphatic rings. The molecule has 1 nitrogen and oxygen atoms in total. The van der Waals surface area contributed by atoms with Gasteiger partial charge in [0.25, 0.3) is 0 Å². The lowest BCUT2D eigenvalue weighted by molar-refractivity contribution is 0.447. The molecule has 0 heterocycles. The Morgan fingerprint density at radius 2 is 2.06 bits per heavy atom. The molecule has 0 aliphatic heterocycles. The van der Waals surface area contributed by atoms with Crippen molar-refractivity contribution < 1.29 is 8.78 Å². The van der Waals surface area contributed by atoms with E-state index in [0.717, 1.165) is 25.0 Å². The van der Waals surface area contributed by atoms with Gasteiger partial charge in [0.2, 0.25) is 0 Å². The molecule has 4 heteroatoms. The third kappa shape index (κ3) is 4.74. The average Bonchev–Trinajstić information content (AvgIpc) is 2.29. The molecule has 0 aliphatic carbocycles. The summed E-state index contributed by atoms with van der Waals surface area (Å²) in [6, 6.07) is 5.67. The maximum atomic E-state index is 13.3. The van der Waals surface area contributed by atoms with Crippen molar-refractivity contribution in [3.8, 4) is 6.07 Å². The standard InChI is InChI=1S/C13H15F2NS/c1-13(2,9-16)6-3-7-17-12-8-10(14)4-5-11(12)15/h4-5,8H,3,6-7H2,1-2H3. The van der Waals surface area contributed by atoms with E-state index in [9.17, 15) is 8.78 Å². The molecule has 0 saturated heterocycles. The number of rotatable bonds is 5. The second kappa shape index (κ2) is 6.02. The largest absolute Gasteiger partial charge is 0.207 e. The first-order valence-electron chi connectivity index (χ1n) is 5.44. The van der Waals surface area contributed by atoms with Crippen LogP contribution in [0.1, 0.15) is 26.7 Å². The number of hydrogen-bond donors (Lipinski definition) is 0. The Morgan fingerprint density at radius 3 is 2.71 bits per heavy atom. The van der Waals surface area contributed by atoms with E-state index in [-0.39, 0.29) is 5.41 Å². The molecule has 0 N–H and O–H groups in total. The van der Waals surface area contributed by atoms with Gasteiger partial charge in [-0.3, -0.25) is 0 Å². The van der Waals surface area contributed by atoms with Gasteiger partial charge in [-0.15, -0.1) is 11.8 Å². The third-order valence-electron chi connectivity index (χ3n) is 2.40. The van der Waals surface area contributed by atoms with E-state index < -0.39 is 11.6 Å². The van der Waals surface area contributed by atoms with Gasteiger partial charge in [0.1, 0.15) is 11.6 Å². The quantitative estimate of drug-likeness (QED) is 0.575. The van der Waals surface area contributed by atoms with Gasteiger partial charge in [0.15, 0.2) is 0 Å². The summed E-state index contributed by atoms with van der Waals surface area (Å²) in [6.45, 7) is 3.75. The van der Waals surface area contributed by atoms with Gasteiger partial charge in [-0.25, -0.2) is 8.78 Å². The molecule has 0 amide bonds. The molecule has 1 aromatic carbocycles. The van der Waals surface area contributed by atoms with Crippen LogP contribution in [0.4, 0.5) is 8.78 Å². The fourth-order valence-electron chi connectivity index (χ4n) is 1.34. The predicted octanol–water partition coefficient (Wildman–Crippen LogP) is 4.39. The van der Waals surface area contributed by atoms with Gasteiger partial charge in [-0.2, -0.15) is 5.26 Å². The molecular weight excluding hydrogens is 240 g/mol. The summed E-state index contributed by atoms with van der Waals surface area (Å²) in [6.07, 6.45) is 1.56. The second-order valence-corrected chi connectivity index (χ2v) is 5.66. The Bertz CT molecular complexity index is 424. The molecule has 92 valence electrons. The molecule has 1 rings (SSSR count). The maximum absolute atomic E-state index is 13.3. The smallest absolute Gasteiger partial charge is 0.136 e. The number of halogens is 2. The van der Waals surface area contributed by atoms with Crippen molar-refractivity contribution in [1.82, 2.24) is 0 Å². The lowest BCUT2D eigenvalue weighted by atomic mass is 9.90. The number of nitrogens with zero attached hydrogens (tertiary/aromatic N) is 1. The minimum atomic E-state index is -0.425. The Balaban J connectivity index is 2.42. The molecule has 0 saturated carbocycles. The predicted molar refractivity (Wildman–Crippen MR) is 65.7 cm³/mol. The highest BCUT2D eigenvalue weighted by atomic mass is 32.2. The number of nitriles is 1. The molecule has 17 heavy (non-hydrogen) atoms. The Kier molecular flexibility index (Phi) is 4.95. The molecule has 0 fully saturated rings. The van der Waals surface area contributed by atoms with Gasteiger partial charge in [-0.05, 0) is 50.6 Å². The van der Waals surface area contributed by atoms with Crippen molar-refractivity contribution in [3.05, 3.63) is 29.8 Å². The molecule has 0 spiro atoms. The van der Waals surface area contributed by atoms with Crippen LogP contribution in [-0.4, -0.2) is 5.75 Å². The molecule has 0 bridgehead atoms. The van der Waals surface area contributed by atoms with Crippen molar-refractivity contribution in [2.45, 2.75) is 31.6 Å². The molecule has 0 atom stereocenters. The molecule has 0 aromatic heterocycles. The van der Waals surface area contributed by atoms with Crippen LogP contribution in [-0.2, 0) is 0 Å². The highest BCUT2D eigenvalue weighted by Crippen LogP contribution is 2.27. The number of benzene rings is 1. The van der Waals surface area contributed by atoms with E-state index in [1.165, 1.54) is 17.8 Å². The summed E-state index contributed by atoms with van der Waals surface area (Å²) in [4.78, 5) is 0.333. The highest BCUT2D eigenvalue weighted by Gasteiger charge is 2.15. The zero-order chi connectivity index (χ0) is 12.9. The van der Waals surface area contributed by atoms with Crippen LogP contribution in [0, 0.1) is 28.4 Å². The van der Waals surface area contributed by atoms with Crippen LogP contribution in [0.2, 0.25) is 0 Å². The molecule has 0 unspecified atom stereocenters. The van der Waals surface area contributed by atoms with E-state index in [2.05, 4.69) is 6.07 Å². The summed E-state index contributed by atoms with van der Waals surface area (Å²) < 4.78 is 26.1. The van der Waals surface area contributed by atoms with Gasteiger partial charge in [0.05, 0.1) is 11.5 Å². The maximum Gasteiger partial charge on any atom is 0.136 e. The van der Waals surface area contributed by atoms with Gasteiger partial charge >= 0.3 is 0 Å². The average molecular weight is 255 g/mol. The Labute approximate surface area is 105 Å². The Morgan fingerprint density at radius 1 is 1.35 bits per heavy atom. The van der Waals surface area contributed by atoms with Crippen LogP contribution >= 0.6 is 11.8 Å². The van der Waals surface area contributed by atoms with Gasteiger partial charge in [-0.1, -0.05) is 0 Å². The molecule has 1 aromatic rings. The molecule has 0 radical (unpaired) electrons. The number of hydrogen-bond acceptors (Lipinski definition) is 2. The zero-order valence-corrected chi connectivity index (χ0v) is 10.8. The minimum Gasteiger partial charge on any atom is -0.207 e. The summed E-state index contributed by atoms with van der Waals surface area (Å²) in [7, 11) is 0. The normalized spacial score (nSPS) is 11.2. The van der Waals surface area contributed by atoms with E-state index >= 15 is 0 Å². The van der Waals surface area contributed by atoms with Crippen molar-refractivity contribution >= 4 is 11.8 Å². The van der Waals surface area contributed by atoms with E-state index in [4.69, 9.17) is 5.26 Å². The van der Waals surface area contributed by atoms with E-state index in [0.29, 0.717) is 10.6 Å². The van der Waals surface area contributed by atoms with Crippen LogP contribution in [0.5, 0.6) is 0 Å². The monoisotopic (exact) mass is 255 g/mol. The topological polar surface area (TPSA) is 23.8 Å². The first-order valence-corrected chi connectivity index (χ1v) is 6.42. The zero-order valence-electron chi connectivity index (χ0n) is 9.96. The van der Waals surface area contributed by atoms with Gasteiger partial charge < -0.3 is 0 Å². The summed E-state index contributed by atoms with van der Waals surface area (Å²) in [5.41, 5.74) is -0.346. The van der Waals surface area contributed by atoms with Crippen molar-refractivity contribution in [1.29, 1.82) is 5.26 Å². The van der Waals surface area contributed by atoms with Crippen LogP contribution in [0.3, 0.4) is 0 Å². The van der Waals surface area contributed by atoms with Crippen LogP contribution in [0.25, 0.3) is 0 Å². The summed E-state index contributed by atoms with van der Waals surface area (Å²) >= 11 is 1.29. The first-order chi connectivity index (χ1) is 7.94. The molecular formula is C13H15F2NS. The van der Waals surface area contributed by atoms with Crippen molar-refractivity contribution in [3.63, 3.8) is 0 Å². The van der Waals surface area contributed by atoms with E-state index in [1.807, 2.05) is 13.8 Å². The first kappa shape index (κ1) is 14.0. The van der Waals surface area contributed by atoms with E-state index in [1.54, 1.807) is 0 Å². The summed E-state index contributed by atoms with van der Waals surface area (Å²) in [5.74, 6) is -0.131. The Hall–Kier alpha value is -1.08. The third-order valence-corrected chi connectivity index (χ3v) is 3.52. The van der Waals surface area contributed by atoms with Gasteiger partial charge in [0, 0.05) is 4.90 Å². The number of thioether (sulfide) groups is 1. The lowest BCUT2D eigenvalue weighted by Crippen LogP contribution is -2.07. The fourth-order valence-corrected chi connectivity index (χ4v) is 2.25. The fraction of sp³-hybridized carbons (Fsp3) is 0.462. The highest BCUT2D eigenvalue weighted by molar-refractivity contribution is 7.99. The van der Waals surface area contributed by atoms with Crippen LogP contribution in [0.15, 0.2) is 23.1 Å². The van der Waals surface area contributed by atoms with Crippen molar-refractivity contribution in [2.75, 3.05) is 5.75 Å². The van der Waals surface area contributed by atoms with Crippen LogP contribution < -0.4 is 0 Å². The lowest BCUT2D eigenvalue weighted by Gasteiger charge is -2.14. The minimum absolute atomic E-state index is 0.333.